The predicted molar refractivity (Wildman–Crippen MR) is 265 cm³/mol. The van der Waals surface area contributed by atoms with Crippen molar-refractivity contribution in [1.29, 1.82) is 0 Å². The first kappa shape index (κ1) is 50.5. The number of sulfonamides is 1. The van der Waals surface area contributed by atoms with Crippen LogP contribution >= 0.6 is 46.4 Å². The Kier molecular flexibility index (Phi) is 15.4. The van der Waals surface area contributed by atoms with Gasteiger partial charge in [-0.25, -0.2) is 22.3 Å². The van der Waals surface area contributed by atoms with Gasteiger partial charge in [0.05, 0.1) is 57.3 Å². The zero-order valence-corrected chi connectivity index (χ0v) is 42.7. The molecule has 3 heterocycles. The van der Waals surface area contributed by atoms with Gasteiger partial charge in [0.25, 0.3) is 11.8 Å². The Balaban J connectivity index is 0.994. The van der Waals surface area contributed by atoms with Crippen molar-refractivity contribution < 1.29 is 40.3 Å². The second kappa shape index (κ2) is 21.0. The minimum absolute atomic E-state index is 0.0783. The minimum atomic E-state index is -4.16. The van der Waals surface area contributed by atoms with Crippen LogP contribution in [0.25, 0.3) is 0 Å². The van der Waals surface area contributed by atoms with Crippen LogP contribution in [0.2, 0.25) is 20.1 Å². The summed E-state index contributed by atoms with van der Waals surface area (Å²) in [6.45, 7) is 4.87. The quantitative estimate of drug-likeness (QED) is 0.107. The highest BCUT2D eigenvalue weighted by atomic mass is 35.5. The number of rotatable bonds is 17. The predicted octanol–water partition coefficient (Wildman–Crippen LogP) is 7.92. The number of carbonyl (C=O) groups is 2. The summed E-state index contributed by atoms with van der Waals surface area (Å²) in [5, 5.41) is 1.88. The summed E-state index contributed by atoms with van der Waals surface area (Å²) in [6, 6.07) is 17.8. The fourth-order valence-corrected chi connectivity index (χ4v) is 12.2. The number of hydrogen-bond donors (Lipinski definition) is 2. The van der Waals surface area contributed by atoms with E-state index >= 15 is 4.39 Å². The van der Waals surface area contributed by atoms with E-state index in [9.17, 15) is 26.4 Å². The summed E-state index contributed by atoms with van der Waals surface area (Å²) in [5.41, 5.74) is 6.00. The van der Waals surface area contributed by atoms with Gasteiger partial charge in [0.2, 0.25) is 10.0 Å². The Labute approximate surface area is 423 Å². The lowest BCUT2D eigenvalue weighted by Crippen LogP contribution is -2.49. The van der Waals surface area contributed by atoms with Gasteiger partial charge < -0.3 is 9.47 Å². The third-order valence-corrected chi connectivity index (χ3v) is 17.2. The summed E-state index contributed by atoms with van der Waals surface area (Å²) in [6.07, 6.45) is 5.48. The molecule has 4 atom stereocenters. The highest BCUT2D eigenvalue weighted by molar-refractivity contribution is 7.89. The van der Waals surface area contributed by atoms with Crippen LogP contribution < -0.4 is 9.44 Å². The third-order valence-electron chi connectivity index (χ3n) is 13.7. The van der Waals surface area contributed by atoms with Crippen molar-refractivity contribution in [2.45, 2.75) is 82.1 Å². The van der Waals surface area contributed by atoms with Crippen molar-refractivity contribution in [3.63, 3.8) is 0 Å². The van der Waals surface area contributed by atoms with Crippen molar-refractivity contribution >= 4 is 78.5 Å². The van der Waals surface area contributed by atoms with Gasteiger partial charge in [-0.3, -0.25) is 19.4 Å². The van der Waals surface area contributed by atoms with E-state index in [0.29, 0.717) is 121 Å². The molecular formula is C49H54Cl4FN5O8S2. The first-order valence-electron chi connectivity index (χ1n) is 23.2. The van der Waals surface area contributed by atoms with Gasteiger partial charge >= 0.3 is 10.2 Å². The van der Waals surface area contributed by atoms with Gasteiger partial charge in [-0.05, 0) is 144 Å². The highest BCUT2D eigenvalue weighted by Gasteiger charge is 2.42. The van der Waals surface area contributed by atoms with Gasteiger partial charge in [-0.2, -0.15) is 12.7 Å². The number of ether oxygens (including phenoxy) is 2. The molecule has 2 saturated carbocycles. The molecule has 5 fully saturated rings. The van der Waals surface area contributed by atoms with Crippen LogP contribution in [0.4, 0.5) is 4.39 Å². The normalized spacial score (nSPS) is 22.5. The number of carbonyl (C=O) groups excluding carboxylic acids is 2. The second-order valence-corrected chi connectivity index (χ2v) is 24.1. The molecule has 3 saturated heterocycles. The molecular weight excluding hydrogens is 1010 g/mol. The van der Waals surface area contributed by atoms with E-state index < -0.39 is 37.9 Å². The SMILES string of the molecule is CS(=O)(=O)NC(=O)c1cc(C2CC2)c(CN2CCO[C@@H](Cc3ccc(Cl)c(Cl)c3)C2)cc1CC1CC1c1cc(C(=O)NS(=O)(=O)N2CCC2)c(F)cc1CN1CCO[C@H](Cc2ccc(Cl)c(Cl)c2)C1. The monoisotopic (exact) mass is 1060 g/mol. The van der Waals surface area contributed by atoms with E-state index in [1.165, 1.54) is 12.1 Å². The summed E-state index contributed by atoms with van der Waals surface area (Å²) in [4.78, 5) is 32.0. The molecule has 69 heavy (non-hydrogen) atoms. The summed E-state index contributed by atoms with van der Waals surface area (Å²) in [7, 11) is -8.07. The number of benzene rings is 4. The Hall–Kier alpha value is -3.39. The number of halogens is 5. The van der Waals surface area contributed by atoms with Crippen molar-refractivity contribution in [3.05, 3.63) is 137 Å². The average molecular weight is 1070 g/mol. The summed E-state index contributed by atoms with van der Waals surface area (Å²) in [5.74, 6) is -2.64. The molecule has 2 aliphatic carbocycles. The molecule has 0 spiro atoms. The topological polar surface area (TPSA) is 155 Å². The number of hydrogen-bond acceptors (Lipinski definition) is 10. The molecule has 4 aromatic rings. The molecule has 0 aromatic heterocycles. The molecule has 2 unspecified atom stereocenters. The minimum Gasteiger partial charge on any atom is -0.375 e. The molecule has 5 aliphatic rings. The average Bonchev–Trinajstić information content (AvgIpc) is 4.20. The van der Waals surface area contributed by atoms with Crippen LogP contribution in [0.5, 0.6) is 0 Å². The van der Waals surface area contributed by atoms with E-state index in [2.05, 4.69) is 25.3 Å². The van der Waals surface area contributed by atoms with Crippen LogP contribution in [0, 0.1) is 11.7 Å². The standard InChI is InChI=1S/C49H54Cl4FN5O8S2/c1-68(62,63)55-48(60)41-23-38(31-5-6-31)34(25-57-11-13-66-36(27-57)15-29-3-7-43(50)45(52)17-29)20-32(41)19-33-21-39(33)40-24-42(49(61)56-69(64,65)59-9-2-10-59)47(54)22-35(40)26-58-12-14-67-37(28-58)16-30-4-8-44(51)46(53)18-30/h3-4,7-8,17-18,20,22-24,31,33,36-37,39H,2,5-6,9-16,19,21,25-28H2,1H3,(H,55,60)(H,56,61)/t33?,36-,37+,39?/m0/s1. The molecule has 2 amide bonds. The Morgan fingerprint density at radius 1 is 0.667 bits per heavy atom. The highest BCUT2D eigenvalue weighted by Crippen LogP contribution is 2.52. The maximum absolute atomic E-state index is 16.2. The number of nitrogens with zero attached hydrogens (tertiary/aromatic N) is 3. The fraction of sp³-hybridized carbons (Fsp3) is 0.469. The van der Waals surface area contributed by atoms with Crippen LogP contribution in [-0.4, -0.2) is 114 Å². The van der Waals surface area contributed by atoms with Gasteiger partial charge in [0.1, 0.15) is 5.82 Å². The molecule has 4 aromatic carbocycles. The van der Waals surface area contributed by atoms with Crippen molar-refractivity contribution in [2.75, 3.05) is 58.7 Å². The van der Waals surface area contributed by atoms with Crippen LogP contribution in [0.15, 0.2) is 60.7 Å². The van der Waals surface area contributed by atoms with Crippen LogP contribution in [0.1, 0.15) is 97.2 Å². The molecule has 13 nitrogen and oxygen atoms in total. The smallest absolute Gasteiger partial charge is 0.304 e. The van der Waals surface area contributed by atoms with Crippen LogP contribution in [-0.2, 0) is 62.1 Å². The largest absolute Gasteiger partial charge is 0.375 e. The van der Waals surface area contributed by atoms with E-state index in [1.807, 2.05) is 30.3 Å². The van der Waals surface area contributed by atoms with Crippen molar-refractivity contribution in [1.82, 2.24) is 23.5 Å². The van der Waals surface area contributed by atoms with E-state index in [0.717, 1.165) is 45.7 Å². The molecule has 3 aliphatic heterocycles. The molecule has 0 bridgehead atoms. The maximum Gasteiger partial charge on any atom is 0.304 e. The van der Waals surface area contributed by atoms with Crippen molar-refractivity contribution in [3.8, 4) is 0 Å². The number of amides is 2. The number of morpholine rings is 2. The molecule has 370 valence electrons. The maximum atomic E-state index is 16.2. The lowest BCUT2D eigenvalue weighted by atomic mass is 9.90. The Bertz CT molecular complexity index is 2870. The third kappa shape index (κ3) is 12.6. The Morgan fingerprint density at radius 3 is 1.74 bits per heavy atom. The fourth-order valence-electron chi connectivity index (χ4n) is 9.85. The molecule has 2 N–H and O–H groups in total. The van der Waals surface area contributed by atoms with Gasteiger partial charge in [0.15, 0.2) is 0 Å². The lowest BCUT2D eigenvalue weighted by Gasteiger charge is -2.34. The zero-order valence-electron chi connectivity index (χ0n) is 38.0. The molecule has 9 rings (SSSR count). The van der Waals surface area contributed by atoms with Gasteiger partial charge in [-0.1, -0.05) is 64.6 Å². The van der Waals surface area contributed by atoms with E-state index in [4.69, 9.17) is 55.9 Å². The van der Waals surface area contributed by atoms with Crippen molar-refractivity contribution in [2.24, 2.45) is 5.92 Å². The van der Waals surface area contributed by atoms with E-state index in [-0.39, 0.29) is 54.2 Å². The summed E-state index contributed by atoms with van der Waals surface area (Å²) >= 11 is 25.0. The molecule has 0 radical (unpaired) electrons. The number of nitrogens with one attached hydrogen (secondary N) is 2. The lowest BCUT2D eigenvalue weighted by molar-refractivity contribution is -0.0307. The zero-order chi connectivity index (χ0) is 48.8. The Morgan fingerprint density at radius 2 is 1.22 bits per heavy atom. The van der Waals surface area contributed by atoms with Gasteiger partial charge in [-0.15, -0.1) is 0 Å². The first-order chi connectivity index (χ1) is 32.9. The van der Waals surface area contributed by atoms with E-state index in [1.54, 1.807) is 12.1 Å². The molecule has 20 heteroatoms. The second-order valence-electron chi connectivity index (χ2n) is 19.1. The van der Waals surface area contributed by atoms with Crippen LogP contribution in [0.3, 0.4) is 0 Å². The summed E-state index contributed by atoms with van der Waals surface area (Å²) < 4.78 is 84.8. The first-order valence-corrected chi connectivity index (χ1v) is 28.1. The van der Waals surface area contributed by atoms with Gasteiger partial charge in [0, 0.05) is 57.9 Å².